The van der Waals surface area contributed by atoms with Crippen LogP contribution in [0.2, 0.25) is 5.02 Å². The van der Waals surface area contributed by atoms with E-state index in [1.165, 1.54) is 5.56 Å². The van der Waals surface area contributed by atoms with Crippen LogP contribution in [0.15, 0.2) is 24.3 Å². The Hall–Kier alpha value is -1.28. The fourth-order valence-electron chi connectivity index (χ4n) is 1.80. The third-order valence-electron chi connectivity index (χ3n) is 2.60. The van der Waals surface area contributed by atoms with Gasteiger partial charge in [0, 0.05) is 11.9 Å². The van der Waals surface area contributed by atoms with Crippen molar-refractivity contribution in [1.29, 1.82) is 0 Å². The first-order valence-corrected chi connectivity index (χ1v) is 5.96. The molecule has 2 nitrogen and oxygen atoms in total. The number of aryl methyl sites for hydroxylation is 1. The molecule has 0 radical (unpaired) electrons. The van der Waals surface area contributed by atoms with E-state index in [0.29, 0.717) is 5.02 Å². The van der Waals surface area contributed by atoms with Crippen molar-refractivity contribution in [2.24, 2.45) is 0 Å². The van der Waals surface area contributed by atoms with Crippen molar-refractivity contribution in [1.82, 2.24) is 4.98 Å². The van der Waals surface area contributed by atoms with Crippen LogP contribution in [-0.2, 0) is 6.42 Å². The summed E-state index contributed by atoms with van der Waals surface area (Å²) in [5.74, 6) is 0.950. The highest BCUT2D eigenvalue weighted by Gasteiger charge is 2.06. The van der Waals surface area contributed by atoms with Crippen molar-refractivity contribution in [2.45, 2.75) is 20.3 Å². The molecule has 0 bridgehead atoms. The molecule has 0 spiro atoms. The Morgan fingerprint density at radius 2 is 2.12 bits per heavy atom. The maximum absolute atomic E-state index is 6.13. The van der Waals surface area contributed by atoms with E-state index < -0.39 is 0 Å². The highest BCUT2D eigenvalue weighted by atomic mass is 35.5. The summed E-state index contributed by atoms with van der Waals surface area (Å²) in [6, 6.07) is 8.03. The van der Waals surface area contributed by atoms with Gasteiger partial charge in [0.15, 0.2) is 0 Å². The Bertz CT molecular complexity index is 509. The number of nitrogens with one attached hydrogen (secondary N) is 1. The highest BCUT2D eigenvalue weighted by molar-refractivity contribution is 6.35. The second-order valence-electron chi connectivity index (χ2n) is 3.69. The van der Waals surface area contributed by atoms with Crippen LogP contribution < -0.4 is 5.32 Å². The van der Waals surface area contributed by atoms with Crippen molar-refractivity contribution in [2.75, 3.05) is 11.9 Å². The van der Waals surface area contributed by atoms with Crippen LogP contribution in [0, 0.1) is 0 Å². The topological polar surface area (TPSA) is 24.9 Å². The smallest absolute Gasteiger partial charge is 0.129 e. The second kappa shape index (κ2) is 4.71. The SMILES string of the molecule is CCNc1nc2c(Cl)cccc2cc1CC. The molecule has 0 aliphatic carbocycles. The van der Waals surface area contributed by atoms with Gasteiger partial charge in [-0.2, -0.15) is 0 Å². The number of hydrogen-bond acceptors (Lipinski definition) is 2. The lowest BCUT2D eigenvalue weighted by atomic mass is 10.1. The Kier molecular flexibility index (Phi) is 3.30. The zero-order chi connectivity index (χ0) is 11.5. The summed E-state index contributed by atoms with van der Waals surface area (Å²) in [7, 11) is 0. The Morgan fingerprint density at radius 1 is 1.31 bits per heavy atom. The number of nitrogens with zero attached hydrogens (tertiary/aromatic N) is 1. The Labute approximate surface area is 101 Å². The van der Waals surface area contributed by atoms with Gasteiger partial charge in [0.25, 0.3) is 0 Å². The van der Waals surface area contributed by atoms with Crippen LogP contribution in [0.1, 0.15) is 19.4 Å². The molecule has 1 N–H and O–H groups in total. The molecule has 16 heavy (non-hydrogen) atoms. The molecule has 2 rings (SSSR count). The van der Waals surface area contributed by atoms with Crippen molar-refractivity contribution >= 4 is 28.3 Å². The first kappa shape index (κ1) is 11.2. The fraction of sp³-hybridized carbons (Fsp3) is 0.308. The molecule has 1 aromatic carbocycles. The summed E-state index contributed by atoms with van der Waals surface area (Å²) in [4.78, 5) is 4.59. The molecule has 0 saturated carbocycles. The highest BCUT2D eigenvalue weighted by Crippen LogP contribution is 2.26. The number of hydrogen-bond donors (Lipinski definition) is 1. The van der Waals surface area contributed by atoms with Crippen LogP contribution in [0.25, 0.3) is 10.9 Å². The van der Waals surface area contributed by atoms with E-state index >= 15 is 0 Å². The number of rotatable bonds is 3. The molecular formula is C13H15ClN2. The average Bonchev–Trinajstić information content (AvgIpc) is 2.30. The van der Waals surface area contributed by atoms with Crippen LogP contribution in [0.5, 0.6) is 0 Å². The average molecular weight is 235 g/mol. The Morgan fingerprint density at radius 3 is 2.81 bits per heavy atom. The van der Waals surface area contributed by atoms with Gasteiger partial charge in [-0.3, -0.25) is 0 Å². The van der Waals surface area contributed by atoms with E-state index in [1.54, 1.807) is 0 Å². The van der Waals surface area contributed by atoms with Crippen LogP contribution >= 0.6 is 11.6 Å². The molecule has 84 valence electrons. The predicted octanol–water partition coefficient (Wildman–Crippen LogP) is 3.88. The van der Waals surface area contributed by atoms with Gasteiger partial charge in [-0.25, -0.2) is 4.98 Å². The van der Waals surface area contributed by atoms with Gasteiger partial charge in [-0.05, 0) is 31.0 Å². The van der Waals surface area contributed by atoms with E-state index in [1.807, 2.05) is 18.2 Å². The van der Waals surface area contributed by atoms with Gasteiger partial charge in [0.1, 0.15) is 5.82 Å². The second-order valence-corrected chi connectivity index (χ2v) is 4.10. The van der Waals surface area contributed by atoms with E-state index in [9.17, 15) is 0 Å². The maximum Gasteiger partial charge on any atom is 0.129 e. The zero-order valence-electron chi connectivity index (χ0n) is 9.55. The molecular weight excluding hydrogens is 220 g/mol. The summed E-state index contributed by atoms with van der Waals surface area (Å²) in [5.41, 5.74) is 2.11. The van der Waals surface area contributed by atoms with Gasteiger partial charge in [-0.1, -0.05) is 30.7 Å². The van der Waals surface area contributed by atoms with Crippen LogP contribution in [0.3, 0.4) is 0 Å². The summed E-state index contributed by atoms with van der Waals surface area (Å²) in [5, 5.41) is 5.09. The largest absolute Gasteiger partial charge is 0.370 e. The van der Waals surface area contributed by atoms with Gasteiger partial charge < -0.3 is 5.32 Å². The number of anilines is 1. The molecule has 0 fully saturated rings. The molecule has 1 aromatic heterocycles. The monoisotopic (exact) mass is 234 g/mol. The third-order valence-corrected chi connectivity index (χ3v) is 2.91. The van der Waals surface area contributed by atoms with Crippen molar-refractivity contribution in [3.63, 3.8) is 0 Å². The fourth-order valence-corrected chi connectivity index (χ4v) is 2.02. The number of pyridine rings is 1. The molecule has 0 saturated heterocycles. The van der Waals surface area contributed by atoms with Gasteiger partial charge in [-0.15, -0.1) is 0 Å². The Balaban J connectivity index is 2.65. The number of benzene rings is 1. The predicted molar refractivity (Wildman–Crippen MR) is 70.3 cm³/mol. The number of aromatic nitrogens is 1. The maximum atomic E-state index is 6.13. The van der Waals surface area contributed by atoms with Gasteiger partial charge in [0.05, 0.1) is 10.5 Å². The summed E-state index contributed by atoms with van der Waals surface area (Å²) in [6.45, 7) is 5.07. The standard InChI is InChI=1S/C13H15ClN2/c1-3-9-8-10-6-5-7-11(14)12(10)16-13(9)15-4-2/h5-8H,3-4H2,1-2H3,(H,15,16). The zero-order valence-corrected chi connectivity index (χ0v) is 10.3. The number of para-hydroxylation sites is 1. The molecule has 0 amide bonds. The lowest BCUT2D eigenvalue weighted by molar-refractivity contribution is 1.09. The molecule has 0 atom stereocenters. The summed E-state index contributed by atoms with van der Waals surface area (Å²) in [6.07, 6.45) is 0.970. The van der Waals surface area contributed by atoms with Crippen molar-refractivity contribution in [3.05, 3.63) is 34.9 Å². The van der Waals surface area contributed by atoms with Gasteiger partial charge in [0.2, 0.25) is 0 Å². The van der Waals surface area contributed by atoms with Crippen LogP contribution in [0.4, 0.5) is 5.82 Å². The molecule has 2 aromatic rings. The van der Waals surface area contributed by atoms with Gasteiger partial charge >= 0.3 is 0 Å². The summed E-state index contributed by atoms with van der Waals surface area (Å²) >= 11 is 6.13. The number of fused-ring (bicyclic) bond motifs is 1. The third kappa shape index (κ3) is 1.98. The molecule has 0 aliphatic rings. The lowest BCUT2D eigenvalue weighted by Gasteiger charge is -2.10. The molecule has 3 heteroatoms. The lowest BCUT2D eigenvalue weighted by Crippen LogP contribution is -2.03. The molecule has 0 aliphatic heterocycles. The minimum atomic E-state index is 0.708. The number of halogens is 1. The van der Waals surface area contributed by atoms with E-state index in [2.05, 4.69) is 30.2 Å². The minimum absolute atomic E-state index is 0.708. The van der Waals surface area contributed by atoms with E-state index in [0.717, 1.165) is 29.7 Å². The summed E-state index contributed by atoms with van der Waals surface area (Å²) < 4.78 is 0. The first-order valence-electron chi connectivity index (χ1n) is 5.58. The normalized spacial score (nSPS) is 10.7. The minimum Gasteiger partial charge on any atom is -0.370 e. The quantitative estimate of drug-likeness (QED) is 0.872. The first-order chi connectivity index (χ1) is 7.76. The van der Waals surface area contributed by atoms with E-state index in [-0.39, 0.29) is 0 Å². The molecule has 1 heterocycles. The van der Waals surface area contributed by atoms with Crippen molar-refractivity contribution < 1.29 is 0 Å². The van der Waals surface area contributed by atoms with Crippen LogP contribution in [-0.4, -0.2) is 11.5 Å². The van der Waals surface area contributed by atoms with Crippen molar-refractivity contribution in [3.8, 4) is 0 Å². The van der Waals surface area contributed by atoms with E-state index in [4.69, 9.17) is 11.6 Å². The molecule has 0 unspecified atom stereocenters.